The smallest absolute Gasteiger partial charge is 0.322 e. The molecule has 1 amide bonds. The van der Waals surface area contributed by atoms with E-state index in [2.05, 4.69) is 15.5 Å². The monoisotopic (exact) mass is 424 g/mol. The Bertz CT molecular complexity index is 896. The van der Waals surface area contributed by atoms with E-state index in [0.717, 1.165) is 6.26 Å². The molecule has 0 saturated carbocycles. The van der Waals surface area contributed by atoms with Gasteiger partial charge in [0.25, 0.3) is 5.89 Å². The zero-order valence-electron chi connectivity index (χ0n) is 13.0. The first-order chi connectivity index (χ1) is 11.7. The van der Waals surface area contributed by atoms with Crippen LogP contribution in [0.1, 0.15) is 12.8 Å². The highest BCUT2D eigenvalue weighted by atomic mass is 35.5. The molecule has 1 aliphatic rings. The number of carbonyl (C=O) groups excluding carboxylic acids is 1. The summed E-state index contributed by atoms with van der Waals surface area (Å²) < 4.78 is 30.9. The quantitative estimate of drug-likeness (QED) is 0.808. The number of carbonyl (C=O) groups is 1. The van der Waals surface area contributed by atoms with Gasteiger partial charge in [0, 0.05) is 13.1 Å². The van der Waals surface area contributed by atoms with Crippen LogP contribution in [0.2, 0.25) is 8.67 Å². The van der Waals surface area contributed by atoms with E-state index in [0.29, 0.717) is 33.6 Å². The van der Waals surface area contributed by atoms with Crippen molar-refractivity contribution in [3.05, 3.63) is 14.7 Å². The summed E-state index contributed by atoms with van der Waals surface area (Å²) in [6.45, 7) is 0.558. The van der Waals surface area contributed by atoms with Crippen LogP contribution in [0.15, 0.2) is 10.5 Å². The number of anilines is 1. The van der Waals surface area contributed by atoms with Gasteiger partial charge in [-0.1, -0.05) is 28.3 Å². The largest absolute Gasteiger partial charge is 0.403 e. The Hall–Kier alpha value is -1.20. The summed E-state index contributed by atoms with van der Waals surface area (Å²) in [6, 6.07) is 1.52. The molecular weight excluding hydrogens is 411 g/mol. The number of nitrogens with one attached hydrogen (secondary N) is 1. The van der Waals surface area contributed by atoms with E-state index in [1.54, 1.807) is 6.07 Å². The fourth-order valence-corrected chi connectivity index (χ4v) is 4.89. The van der Waals surface area contributed by atoms with E-state index >= 15 is 0 Å². The van der Waals surface area contributed by atoms with Gasteiger partial charge in [0.05, 0.1) is 22.1 Å². The SMILES string of the molecule is CS(=O)(=O)N1CCC[C@H](C(=O)Nc2nnc(-c3cc(Cl)sc3Cl)o2)C1. The summed E-state index contributed by atoms with van der Waals surface area (Å²) in [5.41, 5.74) is 0.491. The molecule has 0 aromatic carbocycles. The highest BCUT2D eigenvalue weighted by Crippen LogP contribution is 2.37. The maximum Gasteiger partial charge on any atom is 0.322 e. The molecule has 12 heteroatoms. The molecular formula is C13H14Cl2N4O4S2. The highest BCUT2D eigenvalue weighted by molar-refractivity contribution is 7.88. The minimum Gasteiger partial charge on any atom is -0.403 e. The third-order valence-electron chi connectivity index (χ3n) is 3.77. The fraction of sp³-hybridized carbons (Fsp3) is 0.462. The van der Waals surface area contributed by atoms with Gasteiger partial charge in [0.15, 0.2) is 0 Å². The third-order valence-corrected chi connectivity index (χ3v) is 6.52. The second kappa shape index (κ2) is 7.20. The number of piperidine rings is 1. The molecule has 1 saturated heterocycles. The van der Waals surface area contributed by atoms with Crippen molar-refractivity contribution in [3.63, 3.8) is 0 Å². The van der Waals surface area contributed by atoms with E-state index < -0.39 is 15.9 Å². The molecule has 0 radical (unpaired) electrons. The first kappa shape index (κ1) is 18.6. The summed E-state index contributed by atoms with van der Waals surface area (Å²) in [6.07, 6.45) is 2.33. The molecule has 0 unspecified atom stereocenters. The van der Waals surface area contributed by atoms with Gasteiger partial charge >= 0.3 is 6.01 Å². The molecule has 136 valence electrons. The number of aromatic nitrogens is 2. The van der Waals surface area contributed by atoms with E-state index in [-0.39, 0.29) is 24.4 Å². The zero-order chi connectivity index (χ0) is 18.2. The predicted octanol–water partition coefficient (Wildman–Crippen LogP) is 2.72. The first-order valence-electron chi connectivity index (χ1n) is 7.28. The van der Waals surface area contributed by atoms with Crippen LogP contribution in [0.3, 0.4) is 0 Å². The molecule has 1 N–H and O–H groups in total. The van der Waals surface area contributed by atoms with E-state index in [9.17, 15) is 13.2 Å². The van der Waals surface area contributed by atoms with Gasteiger partial charge < -0.3 is 4.42 Å². The van der Waals surface area contributed by atoms with Crippen LogP contribution >= 0.6 is 34.5 Å². The van der Waals surface area contributed by atoms with Crippen molar-refractivity contribution in [1.29, 1.82) is 0 Å². The van der Waals surface area contributed by atoms with Crippen molar-refractivity contribution >= 4 is 56.5 Å². The molecule has 0 bridgehead atoms. The average Bonchev–Trinajstić information content (AvgIpc) is 3.12. The maximum atomic E-state index is 12.4. The summed E-state index contributed by atoms with van der Waals surface area (Å²) in [5.74, 6) is -0.694. The van der Waals surface area contributed by atoms with Crippen molar-refractivity contribution < 1.29 is 17.6 Å². The van der Waals surface area contributed by atoms with Gasteiger partial charge in [-0.2, -0.15) is 0 Å². The number of rotatable bonds is 4. The van der Waals surface area contributed by atoms with Crippen molar-refractivity contribution in [3.8, 4) is 11.5 Å². The first-order valence-corrected chi connectivity index (χ1v) is 10.7. The van der Waals surface area contributed by atoms with Crippen LogP contribution in [-0.4, -0.2) is 48.2 Å². The molecule has 3 heterocycles. The number of sulfonamides is 1. The van der Waals surface area contributed by atoms with E-state index in [4.69, 9.17) is 27.6 Å². The second-order valence-electron chi connectivity index (χ2n) is 5.60. The van der Waals surface area contributed by atoms with Crippen molar-refractivity contribution in [2.45, 2.75) is 12.8 Å². The number of hydrogen-bond donors (Lipinski definition) is 1. The predicted molar refractivity (Wildman–Crippen MR) is 95.4 cm³/mol. The molecule has 0 aliphatic carbocycles. The van der Waals surface area contributed by atoms with Gasteiger partial charge in [0.1, 0.15) is 4.34 Å². The van der Waals surface area contributed by atoms with Crippen LogP contribution in [0.25, 0.3) is 11.5 Å². The van der Waals surface area contributed by atoms with Gasteiger partial charge in [-0.25, -0.2) is 12.7 Å². The zero-order valence-corrected chi connectivity index (χ0v) is 16.2. The standard InChI is InChI=1S/C13H14Cl2N4O4S2/c1-25(21,22)19-4-2-3-7(6-19)11(20)16-13-18-17-12(23-13)8-5-9(14)24-10(8)15/h5,7H,2-4,6H2,1H3,(H,16,18,20)/t7-/m0/s1. The summed E-state index contributed by atoms with van der Waals surface area (Å²) in [7, 11) is -3.32. The van der Waals surface area contributed by atoms with Gasteiger partial charge in [0.2, 0.25) is 15.9 Å². The fourth-order valence-electron chi connectivity index (χ4n) is 2.53. The number of hydrogen-bond acceptors (Lipinski definition) is 7. The highest BCUT2D eigenvalue weighted by Gasteiger charge is 2.31. The van der Waals surface area contributed by atoms with Gasteiger partial charge in [-0.05, 0) is 18.9 Å². The minimum absolute atomic E-state index is 0.0742. The van der Waals surface area contributed by atoms with Gasteiger partial charge in [-0.15, -0.1) is 16.4 Å². The number of amides is 1. The van der Waals surface area contributed by atoms with E-state index in [1.165, 1.54) is 15.6 Å². The van der Waals surface area contributed by atoms with Crippen LogP contribution in [0.5, 0.6) is 0 Å². The number of halogens is 2. The molecule has 2 aromatic heterocycles. The Kier molecular flexibility index (Phi) is 5.35. The number of thiophene rings is 1. The molecule has 2 aromatic rings. The lowest BCUT2D eigenvalue weighted by molar-refractivity contribution is -0.121. The topological polar surface area (TPSA) is 105 Å². The molecule has 3 rings (SSSR count). The third kappa shape index (κ3) is 4.32. The lowest BCUT2D eigenvalue weighted by Gasteiger charge is -2.29. The Morgan fingerprint density at radius 3 is 2.84 bits per heavy atom. The van der Waals surface area contributed by atoms with E-state index in [1.807, 2.05) is 0 Å². The Morgan fingerprint density at radius 1 is 1.44 bits per heavy atom. The lowest BCUT2D eigenvalue weighted by atomic mass is 9.99. The second-order valence-corrected chi connectivity index (χ2v) is 9.87. The van der Waals surface area contributed by atoms with Crippen LogP contribution in [-0.2, 0) is 14.8 Å². The van der Waals surface area contributed by atoms with Crippen LogP contribution in [0, 0.1) is 5.92 Å². The molecule has 0 spiro atoms. The molecule has 1 atom stereocenters. The van der Waals surface area contributed by atoms with Crippen LogP contribution < -0.4 is 5.32 Å². The van der Waals surface area contributed by atoms with Crippen molar-refractivity contribution in [2.24, 2.45) is 5.92 Å². The number of nitrogens with zero attached hydrogens (tertiary/aromatic N) is 3. The van der Waals surface area contributed by atoms with Gasteiger partial charge in [-0.3, -0.25) is 10.1 Å². The Labute approximate surface area is 158 Å². The van der Waals surface area contributed by atoms with Crippen molar-refractivity contribution in [2.75, 3.05) is 24.7 Å². The maximum absolute atomic E-state index is 12.4. The van der Waals surface area contributed by atoms with Crippen molar-refractivity contribution in [1.82, 2.24) is 14.5 Å². The molecule has 25 heavy (non-hydrogen) atoms. The lowest BCUT2D eigenvalue weighted by Crippen LogP contribution is -2.43. The van der Waals surface area contributed by atoms with Crippen LogP contribution in [0.4, 0.5) is 6.01 Å². The molecule has 8 nitrogen and oxygen atoms in total. The Morgan fingerprint density at radius 2 is 2.20 bits per heavy atom. The average molecular weight is 425 g/mol. The minimum atomic E-state index is -3.32. The molecule has 1 aliphatic heterocycles. The summed E-state index contributed by atoms with van der Waals surface area (Å²) in [5, 5.41) is 10.1. The normalized spacial score (nSPS) is 19.1. The summed E-state index contributed by atoms with van der Waals surface area (Å²) in [4.78, 5) is 12.4. The summed E-state index contributed by atoms with van der Waals surface area (Å²) >= 11 is 13.1. The Balaban J connectivity index is 1.68. The molecule has 1 fully saturated rings.